The molecule has 0 aliphatic carbocycles. The molecule has 2 aromatic rings. The minimum Gasteiger partial charge on any atom is -0.356 e. The zero-order chi connectivity index (χ0) is 18.8. The highest BCUT2D eigenvalue weighted by Crippen LogP contribution is 2.29. The summed E-state index contributed by atoms with van der Waals surface area (Å²) in [6.07, 6.45) is 5.49. The summed E-state index contributed by atoms with van der Waals surface area (Å²) in [7, 11) is 1.84. The number of carbonyl (C=O) groups is 1. The highest BCUT2D eigenvalue weighted by atomic mass is 16.2. The van der Waals surface area contributed by atoms with Gasteiger partial charge >= 0.3 is 0 Å². The highest BCUT2D eigenvalue weighted by Gasteiger charge is 2.26. The average molecular weight is 370 g/mol. The first-order valence-corrected chi connectivity index (χ1v) is 9.59. The number of anilines is 2. The fourth-order valence-corrected chi connectivity index (χ4v) is 3.83. The molecule has 4 heterocycles. The van der Waals surface area contributed by atoms with Crippen LogP contribution in [0.4, 0.5) is 11.6 Å². The van der Waals surface area contributed by atoms with Crippen molar-refractivity contribution in [1.82, 2.24) is 29.6 Å². The number of aryl methyl sites for hydroxylation is 1. The molecule has 2 aliphatic heterocycles. The number of piperidine rings is 1. The molecule has 0 spiro atoms. The minimum absolute atomic E-state index is 0.127. The number of hydrogen-bond donors (Lipinski definition) is 0. The number of nitrogens with zero attached hydrogens (tertiary/aromatic N) is 8. The Morgan fingerprint density at radius 3 is 2.52 bits per heavy atom. The van der Waals surface area contributed by atoms with E-state index >= 15 is 0 Å². The predicted molar refractivity (Wildman–Crippen MR) is 102 cm³/mol. The Morgan fingerprint density at radius 1 is 1.07 bits per heavy atom. The highest BCUT2D eigenvalue weighted by molar-refractivity contribution is 5.82. The van der Waals surface area contributed by atoms with Gasteiger partial charge in [-0.05, 0) is 19.8 Å². The molecule has 0 aromatic carbocycles. The Labute approximate surface area is 159 Å². The van der Waals surface area contributed by atoms with Gasteiger partial charge in [-0.2, -0.15) is 0 Å². The SMILES string of the molecule is CCn1cnnc1C1CCN(c2cc(N3CCN(C)C(=O)C3)ncn2)CC1. The third-order valence-electron chi connectivity index (χ3n) is 5.59. The van der Waals surface area contributed by atoms with Crippen LogP contribution in [0.5, 0.6) is 0 Å². The molecule has 0 radical (unpaired) electrons. The number of amides is 1. The molecule has 144 valence electrons. The Kier molecular flexibility index (Phi) is 4.91. The molecule has 0 atom stereocenters. The second-order valence-corrected chi connectivity index (χ2v) is 7.21. The van der Waals surface area contributed by atoms with E-state index in [4.69, 9.17) is 0 Å². The van der Waals surface area contributed by atoms with Crippen LogP contribution in [0.1, 0.15) is 31.5 Å². The summed E-state index contributed by atoms with van der Waals surface area (Å²) in [5.41, 5.74) is 0. The van der Waals surface area contributed by atoms with Crippen molar-refractivity contribution in [3.63, 3.8) is 0 Å². The fourth-order valence-electron chi connectivity index (χ4n) is 3.83. The number of aromatic nitrogens is 5. The number of likely N-dealkylation sites (N-methyl/N-ethyl adjacent to an activating group) is 1. The molecular weight excluding hydrogens is 344 g/mol. The second kappa shape index (κ2) is 7.50. The number of hydrogen-bond acceptors (Lipinski definition) is 7. The van der Waals surface area contributed by atoms with Gasteiger partial charge in [0, 0.05) is 51.8 Å². The first-order chi connectivity index (χ1) is 13.2. The van der Waals surface area contributed by atoms with Crippen molar-refractivity contribution < 1.29 is 4.79 Å². The first-order valence-electron chi connectivity index (χ1n) is 9.59. The lowest BCUT2D eigenvalue weighted by Crippen LogP contribution is -2.48. The summed E-state index contributed by atoms with van der Waals surface area (Å²) in [5.74, 6) is 3.43. The lowest BCUT2D eigenvalue weighted by atomic mass is 9.96. The number of piperazine rings is 1. The minimum atomic E-state index is 0.127. The smallest absolute Gasteiger partial charge is 0.241 e. The largest absolute Gasteiger partial charge is 0.356 e. The van der Waals surface area contributed by atoms with E-state index in [9.17, 15) is 4.79 Å². The monoisotopic (exact) mass is 370 g/mol. The van der Waals surface area contributed by atoms with Crippen molar-refractivity contribution in [2.45, 2.75) is 32.2 Å². The summed E-state index contributed by atoms with van der Waals surface area (Å²) in [5, 5.41) is 8.39. The van der Waals surface area contributed by atoms with Gasteiger partial charge in [-0.1, -0.05) is 0 Å². The first kappa shape index (κ1) is 17.7. The number of carbonyl (C=O) groups excluding carboxylic acids is 1. The predicted octanol–water partition coefficient (Wildman–Crippen LogP) is 0.750. The van der Waals surface area contributed by atoms with E-state index < -0.39 is 0 Å². The summed E-state index contributed by atoms with van der Waals surface area (Å²) >= 11 is 0. The van der Waals surface area contributed by atoms with E-state index in [2.05, 4.69) is 36.6 Å². The normalized spacial score (nSPS) is 19.0. The summed E-state index contributed by atoms with van der Waals surface area (Å²) in [6.45, 7) is 6.78. The van der Waals surface area contributed by atoms with Crippen LogP contribution >= 0.6 is 0 Å². The standard InChI is InChI=1S/C18H26N8O/c1-3-24-13-21-22-18(24)14-4-6-25(7-5-14)15-10-16(20-12-19-15)26-9-8-23(2)17(27)11-26/h10,12-14H,3-9,11H2,1-2H3. The summed E-state index contributed by atoms with van der Waals surface area (Å²) in [6, 6.07) is 2.01. The topological polar surface area (TPSA) is 83.3 Å². The molecule has 0 N–H and O–H groups in total. The molecule has 2 saturated heterocycles. The van der Waals surface area contributed by atoms with Crippen LogP contribution in [0.2, 0.25) is 0 Å². The van der Waals surface area contributed by atoms with Crippen molar-refractivity contribution >= 4 is 17.5 Å². The van der Waals surface area contributed by atoms with Crippen LogP contribution in [0.25, 0.3) is 0 Å². The van der Waals surface area contributed by atoms with Crippen LogP contribution in [0, 0.1) is 0 Å². The quantitative estimate of drug-likeness (QED) is 0.785. The molecule has 0 unspecified atom stereocenters. The Hall–Kier alpha value is -2.71. The van der Waals surface area contributed by atoms with E-state index in [0.29, 0.717) is 12.5 Å². The molecule has 9 heteroatoms. The van der Waals surface area contributed by atoms with Crippen LogP contribution in [0.3, 0.4) is 0 Å². The molecule has 2 fully saturated rings. The molecule has 2 aromatic heterocycles. The lowest BCUT2D eigenvalue weighted by Gasteiger charge is -2.34. The summed E-state index contributed by atoms with van der Waals surface area (Å²) in [4.78, 5) is 26.9. The van der Waals surface area contributed by atoms with Crippen molar-refractivity contribution in [3.8, 4) is 0 Å². The third-order valence-corrected chi connectivity index (χ3v) is 5.59. The fraction of sp³-hybridized carbons (Fsp3) is 0.611. The maximum Gasteiger partial charge on any atom is 0.241 e. The van der Waals surface area contributed by atoms with E-state index in [1.54, 1.807) is 11.2 Å². The van der Waals surface area contributed by atoms with Gasteiger partial charge in [0.15, 0.2) is 0 Å². The zero-order valence-corrected chi connectivity index (χ0v) is 16.0. The van der Waals surface area contributed by atoms with Gasteiger partial charge in [-0.25, -0.2) is 9.97 Å². The van der Waals surface area contributed by atoms with Gasteiger partial charge in [-0.15, -0.1) is 10.2 Å². The van der Waals surface area contributed by atoms with Gasteiger partial charge in [0.05, 0.1) is 6.54 Å². The van der Waals surface area contributed by atoms with Crippen molar-refractivity contribution in [1.29, 1.82) is 0 Å². The molecule has 2 aliphatic rings. The molecule has 0 saturated carbocycles. The van der Waals surface area contributed by atoms with Gasteiger partial charge in [0.1, 0.15) is 30.1 Å². The molecule has 0 bridgehead atoms. The van der Waals surface area contributed by atoms with E-state index in [1.165, 1.54) is 0 Å². The van der Waals surface area contributed by atoms with Crippen molar-refractivity contribution in [2.75, 3.05) is 49.6 Å². The lowest BCUT2D eigenvalue weighted by molar-refractivity contribution is -0.129. The molecular formula is C18H26N8O. The summed E-state index contributed by atoms with van der Waals surface area (Å²) < 4.78 is 2.13. The van der Waals surface area contributed by atoms with Gasteiger partial charge in [-0.3, -0.25) is 4.79 Å². The molecule has 4 rings (SSSR count). The van der Waals surface area contributed by atoms with E-state index in [-0.39, 0.29) is 5.91 Å². The zero-order valence-electron chi connectivity index (χ0n) is 16.0. The molecule has 27 heavy (non-hydrogen) atoms. The van der Waals surface area contributed by atoms with E-state index in [0.717, 1.165) is 63.0 Å². The van der Waals surface area contributed by atoms with Crippen LogP contribution in [-0.2, 0) is 11.3 Å². The van der Waals surface area contributed by atoms with Crippen LogP contribution in [0.15, 0.2) is 18.7 Å². The Balaban J connectivity index is 1.42. The number of rotatable bonds is 4. The van der Waals surface area contributed by atoms with Gasteiger partial charge in [0.25, 0.3) is 0 Å². The van der Waals surface area contributed by atoms with Crippen LogP contribution in [-0.4, -0.2) is 75.3 Å². The van der Waals surface area contributed by atoms with Crippen LogP contribution < -0.4 is 9.80 Å². The van der Waals surface area contributed by atoms with Gasteiger partial charge < -0.3 is 19.3 Å². The molecule has 9 nitrogen and oxygen atoms in total. The maximum atomic E-state index is 12.0. The Bertz CT molecular complexity index is 798. The third kappa shape index (κ3) is 3.58. The average Bonchev–Trinajstić information content (AvgIpc) is 3.19. The maximum absolute atomic E-state index is 12.0. The Morgan fingerprint density at radius 2 is 1.81 bits per heavy atom. The van der Waals surface area contributed by atoms with Gasteiger partial charge in [0.2, 0.25) is 5.91 Å². The van der Waals surface area contributed by atoms with Crippen molar-refractivity contribution in [2.24, 2.45) is 0 Å². The second-order valence-electron chi connectivity index (χ2n) is 7.21. The molecule has 1 amide bonds. The van der Waals surface area contributed by atoms with Crippen molar-refractivity contribution in [3.05, 3.63) is 24.5 Å². The van der Waals surface area contributed by atoms with E-state index in [1.807, 2.05) is 24.3 Å².